The second kappa shape index (κ2) is 4.84. The number of carboxylic acids is 1. The summed E-state index contributed by atoms with van der Waals surface area (Å²) in [6.45, 7) is -1.10. The van der Waals surface area contributed by atoms with Crippen LogP contribution in [-0.2, 0) is 9.59 Å². The number of nitrogens with zero attached hydrogens (tertiary/aromatic N) is 2. The second-order valence-electron chi connectivity index (χ2n) is 3.77. The van der Waals surface area contributed by atoms with Gasteiger partial charge in [0, 0.05) is 6.20 Å². The molecular formula is C11H9N3O5. The molecule has 0 atom stereocenters. The van der Waals surface area contributed by atoms with Crippen LogP contribution in [0.15, 0.2) is 18.3 Å². The third-order valence-corrected chi connectivity index (χ3v) is 2.47. The van der Waals surface area contributed by atoms with Gasteiger partial charge >= 0.3 is 5.97 Å². The summed E-state index contributed by atoms with van der Waals surface area (Å²) in [5.74, 6) is -3.21. The SMILES string of the molecule is O=C(O)CNC(=O)CN1C(=O)c2cccnc2C1=O. The van der Waals surface area contributed by atoms with Crippen LogP contribution in [0, 0.1) is 0 Å². The summed E-state index contributed by atoms with van der Waals surface area (Å²) < 4.78 is 0. The molecule has 1 aliphatic heterocycles. The van der Waals surface area contributed by atoms with Gasteiger partial charge in [-0.1, -0.05) is 0 Å². The summed E-state index contributed by atoms with van der Waals surface area (Å²) in [6.07, 6.45) is 1.37. The number of carboxylic acid groups (broad SMARTS) is 1. The highest BCUT2D eigenvalue weighted by Gasteiger charge is 2.37. The van der Waals surface area contributed by atoms with Gasteiger partial charge in [-0.2, -0.15) is 0 Å². The van der Waals surface area contributed by atoms with E-state index in [1.807, 2.05) is 0 Å². The van der Waals surface area contributed by atoms with E-state index in [9.17, 15) is 19.2 Å². The number of pyridine rings is 1. The van der Waals surface area contributed by atoms with Gasteiger partial charge < -0.3 is 10.4 Å². The molecule has 0 aromatic carbocycles. The van der Waals surface area contributed by atoms with Crippen molar-refractivity contribution < 1.29 is 24.3 Å². The fraction of sp³-hybridized carbons (Fsp3) is 0.182. The van der Waals surface area contributed by atoms with Crippen molar-refractivity contribution in [1.29, 1.82) is 0 Å². The first-order valence-electron chi connectivity index (χ1n) is 5.30. The van der Waals surface area contributed by atoms with Crippen molar-refractivity contribution in [3.8, 4) is 0 Å². The van der Waals surface area contributed by atoms with Crippen molar-refractivity contribution in [2.24, 2.45) is 0 Å². The molecule has 3 amide bonds. The van der Waals surface area contributed by atoms with Crippen LogP contribution in [0.25, 0.3) is 0 Å². The van der Waals surface area contributed by atoms with Crippen LogP contribution in [-0.4, -0.2) is 51.8 Å². The van der Waals surface area contributed by atoms with Crippen LogP contribution in [0.2, 0.25) is 0 Å². The largest absolute Gasteiger partial charge is 0.480 e. The van der Waals surface area contributed by atoms with Crippen molar-refractivity contribution in [2.45, 2.75) is 0 Å². The number of hydrogen-bond acceptors (Lipinski definition) is 5. The molecule has 2 heterocycles. The van der Waals surface area contributed by atoms with E-state index >= 15 is 0 Å². The Morgan fingerprint density at radius 2 is 2.05 bits per heavy atom. The van der Waals surface area contributed by atoms with Gasteiger partial charge in [0.25, 0.3) is 11.8 Å². The maximum Gasteiger partial charge on any atom is 0.322 e. The highest BCUT2D eigenvalue weighted by atomic mass is 16.4. The number of carbonyl (C=O) groups is 4. The number of carbonyl (C=O) groups excluding carboxylic acids is 3. The van der Waals surface area contributed by atoms with E-state index in [1.54, 1.807) is 0 Å². The molecule has 0 unspecified atom stereocenters. The molecule has 2 rings (SSSR count). The van der Waals surface area contributed by atoms with E-state index in [2.05, 4.69) is 10.3 Å². The molecule has 0 spiro atoms. The van der Waals surface area contributed by atoms with Crippen molar-refractivity contribution in [2.75, 3.05) is 13.1 Å². The highest BCUT2D eigenvalue weighted by molar-refractivity contribution is 6.21. The first kappa shape index (κ1) is 12.7. The third-order valence-electron chi connectivity index (χ3n) is 2.47. The van der Waals surface area contributed by atoms with Crippen LogP contribution >= 0.6 is 0 Å². The van der Waals surface area contributed by atoms with E-state index in [4.69, 9.17) is 5.11 Å². The second-order valence-corrected chi connectivity index (χ2v) is 3.77. The van der Waals surface area contributed by atoms with Crippen LogP contribution in [0.4, 0.5) is 0 Å². The fourth-order valence-corrected chi connectivity index (χ4v) is 1.63. The highest BCUT2D eigenvalue weighted by Crippen LogP contribution is 2.19. The summed E-state index contributed by atoms with van der Waals surface area (Å²) in [5.41, 5.74) is 0.136. The van der Waals surface area contributed by atoms with Gasteiger partial charge in [0.2, 0.25) is 5.91 Å². The summed E-state index contributed by atoms with van der Waals surface area (Å²) >= 11 is 0. The predicted octanol–water partition coefficient (Wildman–Crippen LogP) is -1.12. The maximum atomic E-state index is 11.8. The molecule has 0 bridgehead atoms. The van der Waals surface area contributed by atoms with Gasteiger partial charge in [0.15, 0.2) is 0 Å². The lowest BCUT2D eigenvalue weighted by Gasteiger charge is -2.12. The van der Waals surface area contributed by atoms with E-state index in [0.717, 1.165) is 4.90 Å². The average molecular weight is 263 g/mol. The number of aliphatic carboxylic acids is 1. The van der Waals surface area contributed by atoms with Gasteiger partial charge in [-0.3, -0.25) is 29.1 Å². The van der Waals surface area contributed by atoms with E-state index in [0.29, 0.717) is 0 Å². The minimum atomic E-state index is -1.21. The molecule has 0 saturated heterocycles. The smallest absolute Gasteiger partial charge is 0.322 e. The Morgan fingerprint density at radius 3 is 2.68 bits per heavy atom. The zero-order chi connectivity index (χ0) is 14.0. The molecule has 8 nitrogen and oxygen atoms in total. The molecule has 0 fully saturated rings. The topological polar surface area (TPSA) is 117 Å². The first-order valence-corrected chi connectivity index (χ1v) is 5.30. The fourth-order valence-electron chi connectivity index (χ4n) is 1.63. The summed E-state index contributed by atoms with van der Waals surface area (Å²) in [4.78, 5) is 49.9. The lowest BCUT2D eigenvalue weighted by Crippen LogP contribution is -2.41. The monoisotopic (exact) mass is 263 g/mol. The molecule has 98 valence electrons. The average Bonchev–Trinajstić information content (AvgIpc) is 2.62. The predicted molar refractivity (Wildman–Crippen MR) is 60.2 cm³/mol. The summed E-state index contributed by atoms with van der Waals surface area (Å²) in [7, 11) is 0. The molecule has 8 heteroatoms. The molecular weight excluding hydrogens is 254 g/mol. The number of fused-ring (bicyclic) bond motifs is 1. The molecule has 0 aliphatic carbocycles. The van der Waals surface area contributed by atoms with Gasteiger partial charge in [-0.05, 0) is 12.1 Å². The zero-order valence-corrected chi connectivity index (χ0v) is 9.62. The number of imide groups is 1. The van der Waals surface area contributed by atoms with Gasteiger partial charge in [-0.25, -0.2) is 0 Å². The Hall–Kier alpha value is -2.77. The number of amides is 3. The van der Waals surface area contributed by atoms with E-state index in [-0.39, 0.29) is 11.3 Å². The van der Waals surface area contributed by atoms with E-state index < -0.39 is 36.8 Å². The van der Waals surface area contributed by atoms with Crippen LogP contribution in [0.1, 0.15) is 20.8 Å². The standard InChI is InChI=1S/C11H9N3O5/c15-7(13-4-8(16)17)5-14-10(18)6-2-1-3-12-9(6)11(14)19/h1-3H,4-5H2,(H,13,15)(H,16,17). The minimum Gasteiger partial charge on any atom is -0.480 e. The maximum absolute atomic E-state index is 11.8. The quantitative estimate of drug-likeness (QED) is 0.664. The van der Waals surface area contributed by atoms with Crippen LogP contribution in [0.5, 0.6) is 0 Å². The van der Waals surface area contributed by atoms with Gasteiger partial charge in [0.05, 0.1) is 5.56 Å². The number of rotatable bonds is 4. The first-order chi connectivity index (χ1) is 9.00. The Labute approximate surface area is 107 Å². The van der Waals surface area contributed by atoms with Crippen molar-refractivity contribution in [3.05, 3.63) is 29.6 Å². The normalized spacial score (nSPS) is 13.4. The van der Waals surface area contributed by atoms with Crippen LogP contribution < -0.4 is 5.32 Å². The molecule has 2 N–H and O–H groups in total. The van der Waals surface area contributed by atoms with E-state index in [1.165, 1.54) is 18.3 Å². The van der Waals surface area contributed by atoms with Crippen LogP contribution in [0.3, 0.4) is 0 Å². The molecule has 19 heavy (non-hydrogen) atoms. The van der Waals surface area contributed by atoms with Crippen molar-refractivity contribution in [1.82, 2.24) is 15.2 Å². The summed E-state index contributed by atoms with van der Waals surface area (Å²) in [6, 6.07) is 2.95. The Kier molecular flexibility index (Phi) is 3.23. The van der Waals surface area contributed by atoms with Crippen molar-refractivity contribution in [3.63, 3.8) is 0 Å². The number of nitrogens with one attached hydrogen (secondary N) is 1. The molecule has 0 saturated carbocycles. The lowest BCUT2D eigenvalue weighted by atomic mass is 10.2. The van der Waals surface area contributed by atoms with Gasteiger partial charge in [0.1, 0.15) is 18.8 Å². The minimum absolute atomic E-state index is 0.00136. The molecule has 1 aliphatic rings. The summed E-state index contributed by atoms with van der Waals surface area (Å²) in [5, 5.41) is 10.5. The lowest BCUT2D eigenvalue weighted by molar-refractivity contribution is -0.137. The Bertz CT molecular complexity index is 548. The third kappa shape index (κ3) is 2.41. The Morgan fingerprint density at radius 1 is 1.32 bits per heavy atom. The number of aromatic nitrogens is 1. The molecule has 0 radical (unpaired) electrons. The van der Waals surface area contributed by atoms with Gasteiger partial charge in [-0.15, -0.1) is 0 Å². The molecule has 1 aromatic rings. The van der Waals surface area contributed by atoms with Crippen molar-refractivity contribution >= 4 is 23.7 Å². The molecule has 1 aromatic heterocycles. The Balaban J connectivity index is 2.08. The zero-order valence-electron chi connectivity index (χ0n) is 9.62. The number of hydrogen-bond donors (Lipinski definition) is 2.